The van der Waals surface area contributed by atoms with Gasteiger partial charge in [-0.25, -0.2) is 0 Å². The van der Waals surface area contributed by atoms with Crippen LogP contribution >= 0.6 is 0 Å². The zero-order valence-corrected chi connectivity index (χ0v) is 11.2. The number of aromatic amines is 1. The van der Waals surface area contributed by atoms with Crippen LogP contribution in [0.2, 0.25) is 0 Å². The molecule has 1 fully saturated rings. The van der Waals surface area contributed by atoms with Crippen molar-refractivity contribution in [3.63, 3.8) is 0 Å². The van der Waals surface area contributed by atoms with Gasteiger partial charge in [-0.2, -0.15) is 18.3 Å². The Kier molecular flexibility index (Phi) is 3.59. The maximum atomic E-state index is 13.0. The summed E-state index contributed by atoms with van der Waals surface area (Å²) in [6, 6.07) is 7.20. The Hall–Kier alpha value is -2.02. The smallest absolute Gasteiger partial charge is 0.353 e. The summed E-state index contributed by atoms with van der Waals surface area (Å²) in [6.07, 6.45) is -4.38. The van der Waals surface area contributed by atoms with Crippen LogP contribution < -0.4 is 10.2 Å². The zero-order chi connectivity index (χ0) is 14.9. The van der Waals surface area contributed by atoms with Gasteiger partial charge in [-0.15, -0.1) is 0 Å². The molecule has 0 atom stereocenters. The molecule has 0 bridgehead atoms. The summed E-state index contributed by atoms with van der Waals surface area (Å²) in [5.41, 5.74) is -0.143. The monoisotopic (exact) mass is 296 g/mol. The van der Waals surface area contributed by atoms with Gasteiger partial charge in [0.2, 0.25) is 0 Å². The van der Waals surface area contributed by atoms with Crippen LogP contribution in [0, 0.1) is 0 Å². The third kappa shape index (κ3) is 2.87. The highest BCUT2D eigenvalue weighted by molar-refractivity contribution is 5.67. The van der Waals surface area contributed by atoms with Crippen LogP contribution in [0.4, 0.5) is 19.0 Å². The minimum Gasteiger partial charge on any atom is -0.353 e. The lowest BCUT2D eigenvalue weighted by atomic mass is 10.0. The molecule has 7 heteroatoms. The van der Waals surface area contributed by atoms with E-state index in [1.807, 2.05) is 4.90 Å². The second kappa shape index (κ2) is 5.40. The number of halogens is 3. The first-order chi connectivity index (χ1) is 10.1. The lowest BCUT2D eigenvalue weighted by molar-refractivity contribution is -0.137. The van der Waals surface area contributed by atoms with E-state index in [1.165, 1.54) is 12.1 Å². The molecule has 0 saturated carbocycles. The Morgan fingerprint density at radius 2 is 1.81 bits per heavy atom. The largest absolute Gasteiger partial charge is 0.417 e. The Bertz CT molecular complexity index is 615. The maximum Gasteiger partial charge on any atom is 0.417 e. The van der Waals surface area contributed by atoms with E-state index in [4.69, 9.17) is 0 Å². The number of nitrogens with one attached hydrogen (secondary N) is 2. The number of benzene rings is 1. The maximum absolute atomic E-state index is 13.0. The number of hydrogen-bond donors (Lipinski definition) is 2. The SMILES string of the molecule is FC(F)(F)c1ccccc1-c1cc(N2CCNCC2)n[nH]1. The number of alkyl halides is 3. The summed E-state index contributed by atoms with van der Waals surface area (Å²) in [4.78, 5) is 2.05. The van der Waals surface area contributed by atoms with Gasteiger partial charge in [-0.1, -0.05) is 18.2 Å². The molecule has 1 saturated heterocycles. The van der Waals surface area contributed by atoms with E-state index >= 15 is 0 Å². The molecule has 0 radical (unpaired) electrons. The average molecular weight is 296 g/mol. The first kappa shape index (κ1) is 13.9. The molecule has 21 heavy (non-hydrogen) atoms. The van der Waals surface area contributed by atoms with Crippen molar-refractivity contribution in [3.05, 3.63) is 35.9 Å². The first-order valence-corrected chi connectivity index (χ1v) is 6.73. The van der Waals surface area contributed by atoms with Gasteiger partial charge in [0.05, 0.1) is 11.3 Å². The fraction of sp³-hybridized carbons (Fsp3) is 0.357. The zero-order valence-electron chi connectivity index (χ0n) is 11.2. The van der Waals surface area contributed by atoms with E-state index < -0.39 is 11.7 Å². The summed E-state index contributed by atoms with van der Waals surface area (Å²) in [6.45, 7) is 3.29. The standard InChI is InChI=1S/C14H15F3N4/c15-14(16,17)11-4-2-1-3-10(11)12-9-13(20-19-12)21-7-5-18-6-8-21/h1-4,9,18H,5-8H2,(H,19,20). The quantitative estimate of drug-likeness (QED) is 0.895. The minimum absolute atomic E-state index is 0.124. The molecular weight excluding hydrogens is 281 g/mol. The Balaban J connectivity index is 1.93. The summed E-state index contributed by atoms with van der Waals surface area (Å²) in [5, 5.41) is 10.1. The van der Waals surface area contributed by atoms with E-state index in [-0.39, 0.29) is 5.56 Å². The molecule has 0 amide bonds. The van der Waals surface area contributed by atoms with Gasteiger partial charge in [0.25, 0.3) is 0 Å². The molecule has 0 spiro atoms. The normalized spacial score (nSPS) is 16.2. The lowest BCUT2D eigenvalue weighted by Crippen LogP contribution is -2.43. The molecule has 2 heterocycles. The van der Waals surface area contributed by atoms with Gasteiger partial charge in [-0.05, 0) is 6.07 Å². The van der Waals surface area contributed by atoms with Crippen LogP contribution in [-0.4, -0.2) is 36.4 Å². The van der Waals surface area contributed by atoms with E-state index in [9.17, 15) is 13.2 Å². The van der Waals surface area contributed by atoms with Crippen molar-refractivity contribution in [2.45, 2.75) is 6.18 Å². The van der Waals surface area contributed by atoms with Crippen molar-refractivity contribution in [1.29, 1.82) is 0 Å². The van der Waals surface area contributed by atoms with Crippen LogP contribution in [-0.2, 0) is 6.18 Å². The number of nitrogens with zero attached hydrogens (tertiary/aromatic N) is 2. The predicted molar refractivity (Wildman–Crippen MR) is 74.1 cm³/mol. The van der Waals surface area contributed by atoms with Crippen molar-refractivity contribution in [2.24, 2.45) is 0 Å². The highest BCUT2D eigenvalue weighted by atomic mass is 19.4. The van der Waals surface area contributed by atoms with Gasteiger partial charge >= 0.3 is 6.18 Å². The molecule has 1 aromatic heterocycles. The molecule has 2 aromatic rings. The molecule has 1 aliphatic heterocycles. The number of anilines is 1. The summed E-state index contributed by atoms with van der Waals surface area (Å²) in [5.74, 6) is 0.684. The Labute approximate surface area is 120 Å². The molecule has 0 aliphatic carbocycles. The molecule has 0 unspecified atom stereocenters. The second-order valence-electron chi connectivity index (χ2n) is 4.92. The van der Waals surface area contributed by atoms with E-state index in [0.717, 1.165) is 32.2 Å². The van der Waals surface area contributed by atoms with Crippen LogP contribution in [0.15, 0.2) is 30.3 Å². The lowest BCUT2D eigenvalue weighted by Gasteiger charge is -2.26. The fourth-order valence-electron chi connectivity index (χ4n) is 2.47. The van der Waals surface area contributed by atoms with Gasteiger partial charge in [0.15, 0.2) is 5.82 Å². The number of H-pyrrole nitrogens is 1. The van der Waals surface area contributed by atoms with Crippen LogP contribution in [0.5, 0.6) is 0 Å². The van der Waals surface area contributed by atoms with E-state index in [2.05, 4.69) is 15.5 Å². The average Bonchev–Trinajstić information content (AvgIpc) is 2.97. The van der Waals surface area contributed by atoms with Crippen molar-refractivity contribution in [2.75, 3.05) is 31.1 Å². The van der Waals surface area contributed by atoms with E-state index in [1.54, 1.807) is 12.1 Å². The minimum atomic E-state index is -4.38. The van der Waals surface area contributed by atoms with Crippen molar-refractivity contribution < 1.29 is 13.2 Å². The van der Waals surface area contributed by atoms with Crippen LogP contribution in [0.25, 0.3) is 11.3 Å². The molecule has 112 valence electrons. The van der Waals surface area contributed by atoms with Gasteiger partial charge in [0.1, 0.15) is 0 Å². The van der Waals surface area contributed by atoms with Crippen LogP contribution in [0.1, 0.15) is 5.56 Å². The number of piperazine rings is 1. The van der Waals surface area contributed by atoms with Crippen molar-refractivity contribution in [3.8, 4) is 11.3 Å². The molecule has 4 nitrogen and oxygen atoms in total. The van der Waals surface area contributed by atoms with Crippen molar-refractivity contribution >= 4 is 5.82 Å². The molecule has 1 aromatic carbocycles. The first-order valence-electron chi connectivity index (χ1n) is 6.73. The highest BCUT2D eigenvalue weighted by Crippen LogP contribution is 2.36. The second-order valence-corrected chi connectivity index (χ2v) is 4.92. The molecule has 3 rings (SSSR count). The topological polar surface area (TPSA) is 44.0 Å². The number of rotatable bonds is 2. The summed E-state index contributed by atoms with van der Waals surface area (Å²) >= 11 is 0. The van der Waals surface area contributed by atoms with Gasteiger partial charge < -0.3 is 10.2 Å². The van der Waals surface area contributed by atoms with Gasteiger partial charge in [-0.3, -0.25) is 5.10 Å². The third-order valence-corrected chi connectivity index (χ3v) is 3.53. The van der Waals surface area contributed by atoms with Crippen LogP contribution in [0.3, 0.4) is 0 Å². The Morgan fingerprint density at radius 1 is 1.10 bits per heavy atom. The third-order valence-electron chi connectivity index (χ3n) is 3.53. The Morgan fingerprint density at radius 3 is 2.52 bits per heavy atom. The number of hydrogen-bond acceptors (Lipinski definition) is 3. The summed E-state index contributed by atoms with van der Waals surface area (Å²) < 4.78 is 39.1. The highest BCUT2D eigenvalue weighted by Gasteiger charge is 2.33. The molecular formula is C14H15F3N4. The molecule has 2 N–H and O–H groups in total. The predicted octanol–water partition coefficient (Wildman–Crippen LogP) is 2.51. The fourth-order valence-corrected chi connectivity index (χ4v) is 2.47. The van der Waals surface area contributed by atoms with E-state index in [0.29, 0.717) is 11.5 Å². The van der Waals surface area contributed by atoms with Gasteiger partial charge in [0, 0.05) is 37.8 Å². The summed E-state index contributed by atoms with van der Waals surface area (Å²) in [7, 11) is 0. The molecule has 1 aliphatic rings. The number of aromatic nitrogens is 2. The van der Waals surface area contributed by atoms with Crippen molar-refractivity contribution in [1.82, 2.24) is 15.5 Å².